The molecule has 33 heavy (non-hydrogen) atoms. The van der Waals surface area contributed by atoms with Gasteiger partial charge in [-0.25, -0.2) is 12.7 Å². The molecule has 10 heteroatoms. The molecule has 0 atom stereocenters. The molecular weight excluding hydrogens is 466 g/mol. The maximum absolute atomic E-state index is 12.8. The molecule has 8 nitrogen and oxygen atoms in total. The molecule has 1 heterocycles. The molecule has 1 N–H and O–H groups in total. The monoisotopic (exact) mass is 493 g/mol. The quantitative estimate of drug-likeness (QED) is 0.610. The summed E-state index contributed by atoms with van der Waals surface area (Å²) in [5, 5.41) is 3.16. The van der Waals surface area contributed by atoms with Crippen molar-refractivity contribution in [3.05, 3.63) is 59.1 Å². The van der Waals surface area contributed by atoms with Crippen molar-refractivity contribution in [2.24, 2.45) is 5.92 Å². The number of hydrogen-bond acceptors (Lipinski definition) is 5. The van der Waals surface area contributed by atoms with Crippen LogP contribution in [0.4, 0.5) is 5.69 Å². The highest BCUT2D eigenvalue weighted by molar-refractivity contribution is 7.88. The van der Waals surface area contributed by atoms with E-state index in [1.54, 1.807) is 37.4 Å². The lowest BCUT2D eigenvalue weighted by Crippen LogP contribution is -2.45. The summed E-state index contributed by atoms with van der Waals surface area (Å²) < 4.78 is 32.1. The number of anilines is 1. The van der Waals surface area contributed by atoms with Gasteiger partial charge in [0.15, 0.2) is 0 Å². The zero-order valence-electron chi connectivity index (χ0n) is 18.7. The summed E-state index contributed by atoms with van der Waals surface area (Å²) in [5.41, 5.74) is 1.16. The van der Waals surface area contributed by atoms with Crippen LogP contribution in [0.5, 0.6) is 5.75 Å². The number of methoxy groups -OCH3 is 1. The van der Waals surface area contributed by atoms with Gasteiger partial charge in [0.1, 0.15) is 5.75 Å². The van der Waals surface area contributed by atoms with E-state index >= 15 is 0 Å². The van der Waals surface area contributed by atoms with E-state index in [-0.39, 0.29) is 43.1 Å². The summed E-state index contributed by atoms with van der Waals surface area (Å²) in [4.78, 5) is 26.7. The second-order valence-electron chi connectivity index (χ2n) is 8.00. The maximum atomic E-state index is 12.8. The van der Waals surface area contributed by atoms with E-state index < -0.39 is 10.0 Å². The van der Waals surface area contributed by atoms with Crippen LogP contribution in [0.2, 0.25) is 5.02 Å². The number of hydrogen-bond donors (Lipinski definition) is 1. The van der Waals surface area contributed by atoms with E-state index in [1.807, 2.05) is 18.2 Å². The van der Waals surface area contributed by atoms with E-state index in [9.17, 15) is 18.0 Å². The summed E-state index contributed by atoms with van der Waals surface area (Å²) in [6, 6.07) is 13.9. The molecule has 178 valence electrons. The van der Waals surface area contributed by atoms with Gasteiger partial charge in [0.25, 0.3) is 0 Å². The Morgan fingerprint density at radius 2 is 1.82 bits per heavy atom. The number of likely N-dealkylation sites (N-methyl/N-ethyl adjacent to an activating group) is 1. The van der Waals surface area contributed by atoms with Crippen LogP contribution in [0.25, 0.3) is 0 Å². The van der Waals surface area contributed by atoms with Gasteiger partial charge in [-0.2, -0.15) is 0 Å². The fraction of sp³-hybridized carbons (Fsp3) is 0.391. The first-order chi connectivity index (χ1) is 15.7. The average Bonchev–Trinajstić information content (AvgIpc) is 2.79. The first-order valence-electron chi connectivity index (χ1n) is 10.6. The zero-order chi connectivity index (χ0) is 24.0. The number of nitrogens with one attached hydrogen (secondary N) is 1. The minimum absolute atomic E-state index is 0.0561. The van der Waals surface area contributed by atoms with Gasteiger partial charge in [-0.3, -0.25) is 9.59 Å². The zero-order valence-corrected chi connectivity index (χ0v) is 20.2. The van der Waals surface area contributed by atoms with Crippen LogP contribution in [0.3, 0.4) is 0 Å². The van der Waals surface area contributed by atoms with Crippen molar-refractivity contribution in [1.82, 2.24) is 9.21 Å². The standard InChI is InChI=1S/C23H28ClN3O5S/c1-26(15-22(28)25-20-14-19(24)8-9-21(20)32-2)23(29)18-10-12-27(13-11-18)33(30,31)16-17-6-4-3-5-7-17/h3-9,14,18H,10-13,15-16H2,1-2H3,(H,25,28). The molecule has 3 rings (SSSR count). The Balaban J connectivity index is 1.52. The number of sulfonamides is 1. The first-order valence-corrected chi connectivity index (χ1v) is 12.6. The fourth-order valence-corrected chi connectivity index (χ4v) is 5.57. The highest BCUT2D eigenvalue weighted by atomic mass is 35.5. The van der Waals surface area contributed by atoms with Gasteiger partial charge in [-0.1, -0.05) is 41.9 Å². The molecule has 0 spiro atoms. The van der Waals surface area contributed by atoms with Gasteiger partial charge in [0.05, 0.1) is 25.1 Å². The third-order valence-corrected chi connectivity index (χ3v) is 7.67. The van der Waals surface area contributed by atoms with Crippen molar-refractivity contribution >= 4 is 39.1 Å². The van der Waals surface area contributed by atoms with E-state index in [0.29, 0.717) is 29.3 Å². The summed E-state index contributed by atoms with van der Waals surface area (Å²) in [6.45, 7) is 0.428. The van der Waals surface area contributed by atoms with Crippen LogP contribution in [0.1, 0.15) is 18.4 Å². The number of carbonyl (C=O) groups is 2. The molecular formula is C23H28ClN3O5S. The number of rotatable bonds is 8. The fourth-order valence-electron chi connectivity index (χ4n) is 3.83. The van der Waals surface area contributed by atoms with Crippen LogP contribution in [0.15, 0.2) is 48.5 Å². The number of carbonyl (C=O) groups excluding carboxylic acids is 2. The van der Waals surface area contributed by atoms with Gasteiger partial charge >= 0.3 is 0 Å². The molecule has 1 aliphatic heterocycles. The third kappa shape index (κ3) is 6.69. The predicted octanol–water partition coefficient (Wildman–Crippen LogP) is 2.99. The molecule has 1 aliphatic rings. The minimum Gasteiger partial charge on any atom is -0.495 e. The van der Waals surface area contributed by atoms with E-state index in [0.717, 1.165) is 5.56 Å². The van der Waals surface area contributed by atoms with E-state index in [1.165, 1.54) is 16.3 Å². The predicted molar refractivity (Wildman–Crippen MR) is 128 cm³/mol. The Labute approximate surface area is 199 Å². The summed E-state index contributed by atoms with van der Waals surface area (Å²) >= 11 is 5.99. The molecule has 2 aromatic rings. The van der Waals surface area contributed by atoms with Crippen molar-refractivity contribution in [3.8, 4) is 5.75 Å². The molecule has 0 saturated carbocycles. The number of halogens is 1. The number of piperidine rings is 1. The van der Waals surface area contributed by atoms with E-state index in [4.69, 9.17) is 16.3 Å². The van der Waals surface area contributed by atoms with Crippen LogP contribution < -0.4 is 10.1 Å². The lowest BCUT2D eigenvalue weighted by molar-refractivity contribution is -0.138. The van der Waals surface area contributed by atoms with Crippen molar-refractivity contribution in [2.45, 2.75) is 18.6 Å². The Hall–Kier alpha value is -2.62. The normalized spacial score (nSPS) is 15.1. The molecule has 0 aliphatic carbocycles. The van der Waals surface area contributed by atoms with E-state index in [2.05, 4.69) is 5.32 Å². The second-order valence-corrected chi connectivity index (χ2v) is 10.4. The first kappa shape index (κ1) is 25.0. The Kier molecular flexibility index (Phi) is 8.34. The Bertz CT molecular complexity index is 1090. The maximum Gasteiger partial charge on any atom is 0.244 e. The van der Waals surface area contributed by atoms with Crippen LogP contribution in [-0.4, -0.2) is 63.2 Å². The number of nitrogens with zero attached hydrogens (tertiary/aromatic N) is 2. The van der Waals surface area contributed by atoms with Gasteiger partial charge < -0.3 is 15.0 Å². The number of benzene rings is 2. The molecule has 2 amide bonds. The molecule has 0 aromatic heterocycles. The highest BCUT2D eigenvalue weighted by Crippen LogP contribution is 2.28. The number of ether oxygens (including phenoxy) is 1. The Morgan fingerprint density at radius 1 is 1.15 bits per heavy atom. The van der Waals surface area contributed by atoms with Crippen LogP contribution in [-0.2, 0) is 25.4 Å². The third-order valence-electron chi connectivity index (χ3n) is 5.58. The van der Waals surface area contributed by atoms with Gasteiger partial charge in [-0.15, -0.1) is 0 Å². The topological polar surface area (TPSA) is 96.0 Å². The molecule has 0 unspecified atom stereocenters. The highest BCUT2D eigenvalue weighted by Gasteiger charge is 2.32. The summed E-state index contributed by atoms with van der Waals surface area (Å²) in [6.07, 6.45) is 0.835. The molecule has 0 radical (unpaired) electrons. The van der Waals surface area contributed by atoms with Gasteiger partial charge in [0, 0.05) is 31.1 Å². The molecule has 1 fully saturated rings. The molecule has 2 aromatic carbocycles. The van der Waals surface area contributed by atoms with Crippen LogP contribution in [0, 0.1) is 5.92 Å². The lowest BCUT2D eigenvalue weighted by Gasteiger charge is -2.32. The van der Waals surface area contributed by atoms with Gasteiger partial charge in [0.2, 0.25) is 21.8 Å². The van der Waals surface area contributed by atoms with Crippen molar-refractivity contribution in [1.29, 1.82) is 0 Å². The van der Waals surface area contributed by atoms with Gasteiger partial charge in [-0.05, 0) is 36.6 Å². The second kappa shape index (κ2) is 11.0. The smallest absolute Gasteiger partial charge is 0.244 e. The van der Waals surface area contributed by atoms with Crippen LogP contribution >= 0.6 is 11.6 Å². The average molecular weight is 494 g/mol. The Morgan fingerprint density at radius 3 is 2.45 bits per heavy atom. The SMILES string of the molecule is COc1ccc(Cl)cc1NC(=O)CN(C)C(=O)C1CCN(S(=O)(=O)Cc2ccccc2)CC1. The molecule has 1 saturated heterocycles. The minimum atomic E-state index is -3.45. The van der Waals surface area contributed by atoms with Crippen molar-refractivity contribution in [3.63, 3.8) is 0 Å². The van der Waals surface area contributed by atoms with Crippen molar-refractivity contribution in [2.75, 3.05) is 39.1 Å². The largest absolute Gasteiger partial charge is 0.495 e. The summed E-state index contributed by atoms with van der Waals surface area (Å²) in [5.74, 6) is -0.477. The summed E-state index contributed by atoms with van der Waals surface area (Å²) in [7, 11) is -0.396. The lowest BCUT2D eigenvalue weighted by atomic mass is 9.96. The number of amides is 2. The molecule has 0 bridgehead atoms. The van der Waals surface area contributed by atoms with Crippen molar-refractivity contribution < 1.29 is 22.7 Å².